The molecule has 0 aromatic heterocycles. The van der Waals surface area contributed by atoms with Gasteiger partial charge in [-0.15, -0.1) is 11.6 Å². The zero-order valence-electron chi connectivity index (χ0n) is 19.1. The highest BCUT2D eigenvalue weighted by molar-refractivity contribution is 6.43. The van der Waals surface area contributed by atoms with Gasteiger partial charge in [-0.25, -0.2) is 4.79 Å². The monoisotopic (exact) mass is 505 g/mol. The number of carbonyl (C=O) groups is 3. The fourth-order valence-electron chi connectivity index (χ4n) is 4.23. The van der Waals surface area contributed by atoms with Crippen LogP contribution < -0.4 is 10.2 Å². The number of hydrogen-bond donors (Lipinski definition) is 1. The maximum Gasteiger partial charge on any atom is 0.407 e. The summed E-state index contributed by atoms with van der Waals surface area (Å²) < 4.78 is 5.36. The summed E-state index contributed by atoms with van der Waals surface area (Å²) in [5.41, 5.74) is 0.515. The molecule has 2 aromatic rings. The smallest absolute Gasteiger partial charge is 0.407 e. The van der Waals surface area contributed by atoms with Crippen LogP contribution >= 0.6 is 23.2 Å². The third-order valence-electron chi connectivity index (χ3n) is 5.55. The fourth-order valence-corrected chi connectivity index (χ4v) is 4.76. The Morgan fingerprint density at radius 1 is 1.21 bits per heavy atom. The minimum Gasteiger partial charge on any atom is -0.444 e. The maximum atomic E-state index is 13.1. The van der Waals surface area contributed by atoms with Gasteiger partial charge in [0.15, 0.2) is 0 Å². The summed E-state index contributed by atoms with van der Waals surface area (Å²) in [5, 5.41) is 5.11. The molecule has 1 saturated heterocycles. The van der Waals surface area contributed by atoms with E-state index in [0.29, 0.717) is 46.1 Å². The Bertz CT molecular complexity index is 1210. The first-order chi connectivity index (χ1) is 16.0. The second-order valence-electron chi connectivity index (χ2n) is 9.16. The number of benzene rings is 2. The van der Waals surface area contributed by atoms with Crippen molar-refractivity contribution in [2.24, 2.45) is 0 Å². The molecule has 2 aromatic carbocycles. The highest BCUT2D eigenvalue weighted by atomic mass is 35.5. The molecule has 8 nitrogen and oxygen atoms in total. The lowest BCUT2D eigenvalue weighted by atomic mass is 9.93. The first kappa shape index (κ1) is 24.3. The number of halogens is 2. The predicted molar refractivity (Wildman–Crippen MR) is 131 cm³/mol. The summed E-state index contributed by atoms with van der Waals surface area (Å²) in [6, 6.07) is 4.70. The molecule has 180 valence electrons. The van der Waals surface area contributed by atoms with Crippen molar-refractivity contribution in [3.05, 3.63) is 52.0 Å². The van der Waals surface area contributed by atoms with Gasteiger partial charge in [0.25, 0.3) is 11.8 Å². The Balaban J connectivity index is 1.71. The standard InChI is InChI=1S/C24H25Cl2N3O5/c1-5-10-33-29-21(30)14-6-7-15(25)19-17(11-16(26)20(18(14)19)22(29)31)28-9-8-13(12-28)27-23(32)34-24(2,3)4/h5-7,11,13H,1,8-10,12H2,2-4H3,(H,27,32)/t13-/m0/s1. The Labute approximate surface area is 207 Å². The van der Waals surface area contributed by atoms with Crippen LogP contribution in [-0.4, -0.2) is 54.3 Å². The van der Waals surface area contributed by atoms with Gasteiger partial charge in [-0.2, -0.15) is 0 Å². The average molecular weight is 506 g/mol. The molecule has 1 N–H and O–H groups in total. The molecule has 0 bridgehead atoms. The van der Waals surface area contributed by atoms with Crippen molar-refractivity contribution in [1.82, 2.24) is 10.4 Å². The molecule has 10 heteroatoms. The second-order valence-corrected chi connectivity index (χ2v) is 9.98. The molecule has 1 atom stereocenters. The Hall–Kier alpha value is -2.81. The zero-order chi connectivity index (χ0) is 24.8. The summed E-state index contributed by atoms with van der Waals surface area (Å²) in [4.78, 5) is 45.7. The van der Waals surface area contributed by atoms with Gasteiger partial charge in [0.05, 0.1) is 33.8 Å². The molecule has 2 aliphatic heterocycles. The van der Waals surface area contributed by atoms with Crippen molar-refractivity contribution in [1.29, 1.82) is 0 Å². The number of nitrogens with zero attached hydrogens (tertiary/aromatic N) is 2. The molecule has 0 aliphatic carbocycles. The van der Waals surface area contributed by atoms with Gasteiger partial charge in [0.1, 0.15) is 5.60 Å². The number of carbonyl (C=O) groups excluding carboxylic acids is 3. The van der Waals surface area contributed by atoms with Crippen LogP contribution in [0, 0.1) is 0 Å². The quantitative estimate of drug-likeness (QED) is 0.456. The van der Waals surface area contributed by atoms with Crippen LogP contribution in [0.25, 0.3) is 10.8 Å². The van der Waals surface area contributed by atoms with Crippen molar-refractivity contribution in [2.45, 2.75) is 38.8 Å². The molecule has 1 fully saturated rings. The van der Waals surface area contributed by atoms with E-state index in [0.717, 1.165) is 0 Å². The van der Waals surface area contributed by atoms with Crippen molar-refractivity contribution in [3.8, 4) is 0 Å². The van der Waals surface area contributed by atoms with Crippen LogP contribution in [0.4, 0.5) is 10.5 Å². The van der Waals surface area contributed by atoms with Gasteiger partial charge in [0.2, 0.25) is 0 Å². The van der Waals surface area contributed by atoms with E-state index in [-0.39, 0.29) is 28.8 Å². The first-order valence-electron chi connectivity index (χ1n) is 10.8. The van der Waals surface area contributed by atoms with Crippen LogP contribution in [0.3, 0.4) is 0 Å². The molecule has 0 unspecified atom stereocenters. The van der Waals surface area contributed by atoms with Crippen LogP contribution in [0.1, 0.15) is 47.9 Å². The normalized spacial score (nSPS) is 18.0. The van der Waals surface area contributed by atoms with E-state index in [9.17, 15) is 14.4 Å². The minimum absolute atomic E-state index is 0.0148. The number of anilines is 1. The van der Waals surface area contributed by atoms with E-state index in [4.69, 9.17) is 32.8 Å². The topological polar surface area (TPSA) is 88.2 Å². The van der Waals surface area contributed by atoms with Gasteiger partial charge in [0, 0.05) is 29.5 Å². The molecule has 0 radical (unpaired) electrons. The second kappa shape index (κ2) is 9.09. The van der Waals surface area contributed by atoms with E-state index in [2.05, 4.69) is 11.9 Å². The summed E-state index contributed by atoms with van der Waals surface area (Å²) in [6.07, 6.45) is 1.63. The van der Waals surface area contributed by atoms with Crippen molar-refractivity contribution >= 4 is 57.6 Å². The first-order valence-corrected chi connectivity index (χ1v) is 11.6. The summed E-state index contributed by atoms with van der Waals surface area (Å²) >= 11 is 13.2. The van der Waals surface area contributed by atoms with Crippen molar-refractivity contribution in [3.63, 3.8) is 0 Å². The Morgan fingerprint density at radius 2 is 1.94 bits per heavy atom. The summed E-state index contributed by atoms with van der Waals surface area (Å²) in [5.74, 6) is -1.26. The third kappa shape index (κ3) is 4.45. The van der Waals surface area contributed by atoms with E-state index >= 15 is 0 Å². The van der Waals surface area contributed by atoms with Gasteiger partial charge >= 0.3 is 6.09 Å². The number of imide groups is 1. The van der Waals surface area contributed by atoms with Crippen LogP contribution in [0.2, 0.25) is 10.0 Å². The molecule has 0 saturated carbocycles. The third-order valence-corrected chi connectivity index (χ3v) is 6.16. The van der Waals surface area contributed by atoms with Crippen molar-refractivity contribution in [2.75, 3.05) is 24.6 Å². The SMILES string of the molecule is C=CCON1C(=O)c2ccc(Cl)c3c(N4CC[C@H](NC(=O)OC(C)(C)C)C4)cc(Cl)c(c23)C1=O. The van der Waals surface area contributed by atoms with Gasteiger partial charge in [-0.3, -0.25) is 14.4 Å². The lowest BCUT2D eigenvalue weighted by Crippen LogP contribution is -2.41. The largest absolute Gasteiger partial charge is 0.444 e. The van der Waals surface area contributed by atoms with Crippen LogP contribution in [0.5, 0.6) is 0 Å². The highest BCUT2D eigenvalue weighted by Gasteiger charge is 2.38. The molecular weight excluding hydrogens is 481 g/mol. The number of ether oxygens (including phenoxy) is 1. The summed E-state index contributed by atoms with van der Waals surface area (Å²) in [7, 11) is 0. The minimum atomic E-state index is -0.658. The van der Waals surface area contributed by atoms with E-state index in [1.807, 2.05) is 4.90 Å². The van der Waals surface area contributed by atoms with Gasteiger partial charge in [-0.1, -0.05) is 29.3 Å². The number of hydrogen-bond acceptors (Lipinski definition) is 6. The molecular formula is C24H25Cl2N3O5. The molecule has 34 heavy (non-hydrogen) atoms. The fraction of sp³-hybridized carbons (Fsp3) is 0.375. The number of hydroxylamine groups is 2. The number of nitrogens with one attached hydrogen (secondary N) is 1. The summed E-state index contributed by atoms with van der Waals surface area (Å²) in [6.45, 7) is 10.0. The van der Waals surface area contributed by atoms with E-state index < -0.39 is 23.5 Å². The molecule has 2 heterocycles. The molecule has 4 rings (SSSR count). The Kier molecular flexibility index (Phi) is 6.50. The lowest BCUT2D eigenvalue weighted by Gasteiger charge is -2.29. The number of alkyl carbamates (subject to hydrolysis) is 1. The highest BCUT2D eigenvalue weighted by Crippen LogP contribution is 2.44. The maximum absolute atomic E-state index is 13.1. The number of amides is 3. The zero-order valence-corrected chi connectivity index (χ0v) is 20.6. The van der Waals surface area contributed by atoms with Gasteiger partial charge in [-0.05, 0) is 45.4 Å². The number of rotatable bonds is 5. The van der Waals surface area contributed by atoms with Gasteiger partial charge < -0.3 is 15.0 Å². The van der Waals surface area contributed by atoms with E-state index in [1.54, 1.807) is 39.0 Å². The lowest BCUT2D eigenvalue weighted by molar-refractivity contribution is -0.0842. The average Bonchev–Trinajstić information content (AvgIpc) is 3.19. The van der Waals surface area contributed by atoms with Crippen LogP contribution in [-0.2, 0) is 9.57 Å². The predicted octanol–water partition coefficient (Wildman–Crippen LogP) is 4.96. The molecule has 3 amide bonds. The van der Waals surface area contributed by atoms with E-state index in [1.165, 1.54) is 6.08 Å². The Morgan fingerprint density at radius 3 is 2.62 bits per heavy atom. The van der Waals surface area contributed by atoms with Crippen LogP contribution in [0.15, 0.2) is 30.9 Å². The van der Waals surface area contributed by atoms with Crippen molar-refractivity contribution < 1.29 is 24.0 Å². The molecule has 2 aliphatic rings. The molecule has 0 spiro atoms.